The third kappa shape index (κ3) is 2.17. The number of halogens is 3. The Hall–Kier alpha value is -1.90. The molecule has 0 amide bonds. The van der Waals surface area contributed by atoms with Gasteiger partial charge in [-0.15, -0.1) is 15.3 Å². The minimum absolute atomic E-state index is 0.0546. The maximum atomic E-state index is 12.8. The molecule has 1 aliphatic rings. The highest BCUT2D eigenvalue weighted by Crippen LogP contribution is 2.28. The van der Waals surface area contributed by atoms with Crippen molar-refractivity contribution in [2.24, 2.45) is 5.92 Å². The van der Waals surface area contributed by atoms with E-state index < -0.39 is 12.0 Å². The number of hydrogen-bond donors (Lipinski definition) is 1. The van der Waals surface area contributed by atoms with E-state index in [0.717, 1.165) is 6.42 Å². The number of hydrogen-bond acceptors (Lipinski definition) is 5. The summed E-state index contributed by atoms with van der Waals surface area (Å²) in [6, 6.07) is 3.07. The first-order valence-corrected chi connectivity index (χ1v) is 6.14. The number of aromatic nitrogens is 4. The van der Waals surface area contributed by atoms with Gasteiger partial charge in [-0.25, -0.2) is 0 Å². The van der Waals surface area contributed by atoms with Gasteiger partial charge in [0, 0.05) is 25.6 Å². The van der Waals surface area contributed by atoms with Crippen LogP contribution in [0, 0.1) is 5.92 Å². The Labute approximate surface area is 111 Å². The molecule has 2 aromatic rings. The van der Waals surface area contributed by atoms with Crippen LogP contribution < -0.4 is 4.90 Å². The normalized spacial score (nSPS) is 20.0. The molecule has 6 nitrogen and oxygen atoms in total. The Morgan fingerprint density at radius 3 is 2.75 bits per heavy atom. The minimum Gasteiger partial charge on any atom is -0.396 e. The second-order valence-corrected chi connectivity index (χ2v) is 4.77. The Balaban J connectivity index is 1.98. The van der Waals surface area contributed by atoms with Gasteiger partial charge in [-0.1, -0.05) is 0 Å². The molecule has 3 rings (SSSR count). The first-order chi connectivity index (χ1) is 9.49. The molecule has 0 spiro atoms. The Morgan fingerprint density at radius 2 is 2.10 bits per heavy atom. The van der Waals surface area contributed by atoms with Gasteiger partial charge in [-0.05, 0) is 18.6 Å². The highest BCUT2D eigenvalue weighted by Gasteiger charge is 2.38. The molecule has 9 heteroatoms. The highest BCUT2D eigenvalue weighted by atomic mass is 19.4. The Bertz CT molecular complexity index is 626. The van der Waals surface area contributed by atoms with Crippen molar-refractivity contribution in [2.75, 3.05) is 24.6 Å². The molecule has 1 unspecified atom stereocenters. The molecule has 2 aromatic heterocycles. The van der Waals surface area contributed by atoms with Gasteiger partial charge in [-0.2, -0.15) is 17.7 Å². The molecule has 0 bridgehead atoms. The van der Waals surface area contributed by atoms with Crippen molar-refractivity contribution in [3.63, 3.8) is 0 Å². The van der Waals surface area contributed by atoms with E-state index in [-0.39, 0.29) is 18.2 Å². The van der Waals surface area contributed by atoms with Gasteiger partial charge in [0.05, 0.1) is 0 Å². The predicted molar refractivity (Wildman–Crippen MR) is 63.2 cm³/mol. The van der Waals surface area contributed by atoms with Crippen molar-refractivity contribution in [1.29, 1.82) is 0 Å². The van der Waals surface area contributed by atoms with E-state index >= 15 is 0 Å². The van der Waals surface area contributed by atoms with Crippen molar-refractivity contribution in [3.8, 4) is 0 Å². The number of rotatable bonds is 2. The van der Waals surface area contributed by atoms with Crippen LogP contribution in [0.3, 0.4) is 0 Å². The summed E-state index contributed by atoms with van der Waals surface area (Å²) >= 11 is 0. The predicted octanol–water partition coefficient (Wildman–Crippen LogP) is 0.962. The molecule has 1 N–H and O–H groups in total. The first-order valence-electron chi connectivity index (χ1n) is 6.14. The average molecular weight is 287 g/mol. The topological polar surface area (TPSA) is 66.5 Å². The molecule has 1 saturated heterocycles. The minimum atomic E-state index is -4.59. The SMILES string of the molecule is OCC1CCN(c2ccc3nnc(C(F)(F)F)n3n2)C1. The fourth-order valence-electron chi connectivity index (χ4n) is 2.31. The van der Waals surface area contributed by atoms with Gasteiger partial charge < -0.3 is 10.0 Å². The zero-order valence-electron chi connectivity index (χ0n) is 10.4. The molecule has 0 aromatic carbocycles. The van der Waals surface area contributed by atoms with Crippen molar-refractivity contribution in [1.82, 2.24) is 19.8 Å². The number of anilines is 1. The Kier molecular flexibility index (Phi) is 3.00. The largest absolute Gasteiger partial charge is 0.453 e. The second-order valence-electron chi connectivity index (χ2n) is 4.77. The maximum absolute atomic E-state index is 12.8. The molecule has 108 valence electrons. The van der Waals surface area contributed by atoms with Crippen LogP contribution in [-0.2, 0) is 6.18 Å². The van der Waals surface area contributed by atoms with Gasteiger partial charge >= 0.3 is 6.18 Å². The fraction of sp³-hybridized carbons (Fsp3) is 0.545. The Morgan fingerprint density at radius 1 is 1.30 bits per heavy atom. The fourth-order valence-corrected chi connectivity index (χ4v) is 2.31. The lowest BCUT2D eigenvalue weighted by Crippen LogP contribution is -2.23. The number of aliphatic hydroxyl groups excluding tert-OH is 1. The average Bonchev–Trinajstić information content (AvgIpc) is 3.03. The molecule has 3 heterocycles. The standard InChI is InChI=1S/C11H12F3N5O/c12-11(13,14)10-16-15-8-1-2-9(17-19(8)10)18-4-3-7(5-18)6-20/h1-2,7,20H,3-6H2. The summed E-state index contributed by atoms with van der Waals surface area (Å²) in [6.45, 7) is 1.31. The van der Waals surface area contributed by atoms with E-state index in [1.165, 1.54) is 6.07 Å². The smallest absolute Gasteiger partial charge is 0.396 e. The van der Waals surface area contributed by atoms with E-state index in [2.05, 4.69) is 15.3 Å². The van der Waals surface area contributed by atoms with Gasteiger partial charge in [-0.3, -0.25) is 0 Å². The van der Waals surface area contributed by atoms with Crippen molar-refractivity contribution in [2.45, 2.75) is 12.6 Å². The van der Waals surface area contributed by atoms with Crippen LogP contribution >= 0.6 is 0 Å². The summed E-state index contributed by atoms with van der Waals surface area (Å²) < 4.78 is 39.0. The molecule has 0 saturated carbocycles. The van der Waals surface area contributed by atoms with E-state index in [1.807, 2.05) is 4.90 Å². The van der Waals surface area contributed by atoms with E-state index in [0.29, 0.717) is 23.4 Å². The third-order valence-corrected chi connectivity index (χ3v) is 3.37. The molecule has 20 heavy (non-hydrogen) atoms. The van der Waals surface area contributed by atoms with E-state index in [1.54, 1.807) is 6.07 Å². The summed E-state index contributed by atoms with van der Waals surface area (Å²) in [4.78, 5) is 1.85. The zero-order valence-corrected chi connectivity index (χ0v) is 10.4. The molecule has 1 fully saturated rings. The van der Waals surface area contributed by atoms with Crippen LogP contribution in [0.15, 0.2) is 12.1 Å². The first kappa shape index (κ1) is 13.1. The lowest BCUT2D eigenvalue weighted by molar-refractivity contribution is -0.146. The molecule has 0 radical (unpaired) electrons. The van der Waals surface area contributed by atoms with E-state index in [4.69, 9.17) is 5.11 Å². The van der Waals surface area contributed by atoms with Crippen molar-refractivity contribution in [3.05, 3.63) is 18.0 Å². The summed E-state index contributed by atoms with van der Waals surface area (Å²) in [5, 5.41) is 19.7. The third-order valence-electron chi connectivity index (χ3n) is 3.37. The summed E-state index contributed by atoms with van der Waals surface area (Å²) in [7, 11) is 0. The number of nitrogens with zero attached hydrogens (tertiary/aromatic N) is 5. The second kappa shape index (κ2) is 4.58. The van der Waals surface area contributed by atoms with Gasteiger partial charge in [0.2, 0.25) is 0 Å². The lowest BCUT2D eigenvalue weighted by atomic mass is 10.1. The van der Waals surface area contributed by atoms with Gasteiger partial charge in [0.25, 0.3) is 5.82 Å². The van der Waals surface area contributed by atoms with Crippen LogP contribution in [-0.4, -0.2) is 44.6 Å². The zero-order chi connectivity index (χ0) is 14.3. The monoisotopic (exact) mass is 287 g/mol. The molecular weight excluding hydrogens is 275 g/mol. The summed E-state index contributed by atoms with van der Waals surface area (Å²) in [5.74, 6) is -0.568. The van der Waals surface area contributed by atoms with Crippen LogP contribution in [0.4, 0.5) is 19.0 Å². The van der Waals surface area contributed by atoms with Crippen molar-refractivity contribution >= 4 is 11.5 Å². The molecular formula is C11H12F3N5O. The van der Waals surface area contributed by atoms with Gasteiger partial charge in [0.15, 0.2) is 5.65 Å². The van der Waals surface area contributed by atoms with Crippen LogP contribution in [0.2, 0.25) is 0 Å². The van der Waals surface area contributed by atoms with Crippen LogP contribution in [0.1, 0.15) is 12.2 Å². The lowest BCUT2D eigenvalue weighted by Gasteiger charge is -2.17. The number of aliphatic hydroxyl groups is 1. The van der Waals surface area contributed by atoms with Crippen LogP contribution in [0.25, 0.3) is 5.65 Å². The summed E-state index contributed by atoms with van der Waals surface area (Å²) in [6.07, 6.45) is -3.80. The highest BCUT2D eigenvalue weighted by molar-refractivity contribution is 5.46. The van der Waals surface area contributed by atoms with Crippen molar-refractivity contribution < 1.29 is 18.3 Å². The van der Waals surface area contributed by atoms with Gasteiger partial charge in [0.1, 0.15) is 5.82 Å². The molecule has 0 aliphatic carbocycles. The quantitative estimate of drug-likeness (QED) is 0.891. The molecule has 1 aliphatic heterocycles. The molecule has 1 atom stereocenters. The maximum Gasteiger partial charge on any atom is 0.453 e. The number of fused-ring (bicyclic) bond motifs is 1. The summed E-state index contributed by atoms with van der Waals surface area (Å²) in [5.41, 5.74) is 0.0546. The number of alkyl halides is 3. The van der Waals surface area contributed by atoms with Crippen LogP contribution in [0.5, 0.6) is 0 Å². The van der Waals surface area contributed by atoms with E-state index in [9.17, 15) is 13.2 Å².